The Kier molecular flexibility index (Phi) is 4.13. The molecule has 3 heteroatoms. The smallest absolute Gasteiger partial charge is 0.176 e. The molecule has 0 fully saturated rings. The molecule has 0 amide bonds. The summed E-state index contributed by atoms with van der Waals surface area (Å²) in [6.07, 6.45) is 4.03. The van der Waals surface area contributed by atoms with Gasteiger partial charge >= 0.3 is 0 Å². The Hall–Kier alpha value is -2.65. The minimum atomic E-state index is 0.170. The van der Waals surface area contributed by atoms with Crippen LogP contribution in [0.2, 0.25) is 0 Å². The number of pyridine rings is 1. The van der Waals surface area contributed by atoms with Gasteiger partial charge in [-0.15, -0.1) is 0 Å². The Balaban J connectivity index is 2.42. The normalized spacial score (nSPS) is 10.1. The topological polar surface area (TPSA) is 51.5 Å². The molecule has 0 saturated carbocycles. The molecule has 1 aromatic heterocycles. The molecule has 0 bridgehead atoms. The Labute approximate surface area is 119 Å². The molecule has 3 nitrogen and oxygen atoms in total. The summed E-state index contributed by atoms with van der Waals surface area (Å²) in [7, 11) is 0. The highest BCUT2D eigenvalue weighted by molar-refractivity contribution is 5.80. The van der Waals surface area contributed by atoms with Gasteiger partial charge in [0.2, 0.25) is 0 Å². The number of hydrogen-bond acceptors (Lipinski definition) is 2. The molecule has 0 aliphatic heterocycles. The van der Waals surface area contributed by atoms with Gasteiger partial charge in [-0.1, -0.05) is 32.0 Å². The minimum Gasteiger partial charge on any atom is -0.200 e. The van der Waals surface area contributed by atoms with Crippen LogP contribution in [0.3, 0.4) is 0 Å². The van der Waals surface area contributed by atoms with Crippen LogP contribution in [0.4, 0.5) is 0 Å². The predicted octanol–water partition coefficient (Wildman–Crippen LogP) is 3.13. The molecule has 0 atom stereocenters. The summed E-state index contributed by atoms with van der Waals surface area (Å²) in [4.78, 5) is 0. The molecule has 0 spiro atoms. The van der Waals surface area contributed by atoms with Crippen molar-refractivity contribution in [3.05, 3.63) is 53.9 Å². The molecule has 0 unspecified atom stereocenters. The molecule has 2 rings (SSSR count). The number of allylic oxidation sites excluding steroid dienone is 2. The van der Waals surface area contributed by atoms with Crippen molar-refractivity contribution in [2.45, 2.75) is 20.4 Å². The van der Waals surface area contributed by atoms with Gasteiger partial charge in [-0.05, 0) is 17.4 Å². The lowest BCUT2D eigenvalue weighted by Gasteiger charge is -2.08. The van der Waals surface area contributed by atoms with Crippen LogP contribution in [0.25, 0.3) is 10.8 Å². The molecule has 2 aromatic rings. The van der Waals surface area contributed by atoms with E-state index in [1.807, 2.05) is 61.1 Å². The maximum Gasteiger partial charge on any atom is 0.176 e. The van der Waals surface area contributed by atoms with E-state index in [4.69, 9.17) is 10.5 Å². The van der Waals surface area contributed by atoms with Gasteiger partial charge in [0.15, 0.2) is 18.9 Å². The van der Waals surface area contributed by atoms with Crippen LogP contribution >= 0.6 is 0 Å². The zero-order valence-electron chi connectivity index (χ0n) is 11.7. The third-order valence-electron chi connectivity index (χ3n) is 3.34. The lowest BCUT2D eigenvalue weighted by atomic mass is 9.98. The summed E-state index contributed by atoms with van der Waals surface area (Å²) in [5.74, 6) is 0.170. The van der Waals surface area contributed by atoms with Crippen molar-refractivity contribution in [2.75, 3.05) is 0 Å². The third kappa shape index (κ3) is 2.84. The van der Waals surface area contributed by atoms with E-state index in [9.17, 15) is 0 Å². The lowest BCUT2D eigenvalue weighted by molar-refractivity contribution is -0.688. The molecule has 98 valence electrons. The van der Waals surface area contributed by atoms with Gasteiger partial charge in [0.25, 0.3) is 0 Å². The number of aromatic nitrogens is 1. The molecule has 0 N–H and O–H groups in total. The Morgan fingerprint density at radius 1 is 1.10 bits per heavy atom. The van der Waals surface area contributed by atoms with Crippen LogP contribution < -0.4 is 4.57 Å². The summed E-state index contributed by atoms with van der Waals surface area (Å²) in [6.45, 7) is 4.58. The fourth-order valence-electron chi connectivity index (χ4n) is 2.19. The highest BCUT2D eigenvalue weighted by Gasteiger charge is 2.16. The zero-order chi connectivity index (χ0) is 14.5. The van der Waals surface area contributed by atoms with Crippen molar-refractivity contribution in [1.29, 1.82) is 10.5 Å². The van der Waals surface area contributed by atoms with E-state index >= 15 is 0 Å². The maximum atomic E-state index is 9.06. The maximum absolute atomic E-state index is 9.06. The van der Waals surface area contributed by atoms with E-state index in [1.165, 1.54) is 5.39 Å². The largest absolute Gasteiger partial charge is 0.200 e. The highest BCUT2D eigenvalue weighted by Crippen LogP contribution is 2.16. The van der Waals surface area contributed by atoms with Gasteiger partial charge in [-0.3, -0.25) is 0 Å². The monoisotopic (exact) mass is 262 g/mol. The summed E-state index contributed by atoms with van der Waals surface area (Å²) >= 11 is 0. The van der Waals surface area contributed by atoms with Crippen molar-refractivity contribution in [3.63, 3.8) is 0 Å². The first kappa shape index (κ1) is 13.8. The summed E-state index contributed by atoms with van der Waals surface area (Å²) in [5.41, 5.74) is 1.09. The average Bonchev–Trinajstić information content (AvgIpc) is 2.47. The van der Waals surface area contributed by atoms with Crippen molar-refractivity contribution < 1.29 is 4.57 Å². The zero-order valence-corrected chi connectivity index (χ0v) is 11.7. The molecule has 20 heavy (non-hydrogen) atoms. The fraction of sp³-hybridized carbons (Fsp3) is 0.235. The first-order valence-electron chi connectivity index (χ1n) is 6.56. The minimum absolute atomic E-state index is 0.170. The first-order valence-corrected chi connectivity index (χ1v) is 6.56. The fourth-order valence-corrected chi connectivity index (χ4v) is 2.19. The van der Waals surface area contributed by atoms with Crippen LogP contribution in [0.1, 0.15) is 13.8 Å². The number of rotatable bonds is 3. The van der Waals surface area contributed by atoms with Crippen LogP contribution in [-0.2, 0) is 6.54 Å². The van der Waals surface area contributed by atoms with Gasteiger partial charge in [0, 0.05) is 17.0 Å². The number of hydrogen-bond donors (Lipinski definition) is 0. The Morgan fingerprint density at radius 3 is 2.35 bits per heavy atom. The van der Waals surface area contributed by atoms with E-state index in [1.54, 1.807) is 0 Å². The van der Waals surface area contributed by atoms with Crippen LogP contribution in [0.5, 0.6) is 0 Å². The average molecular weight is 262 g/mol. The van der Waals surface area contributed by atoms with E-state index in [0.717, 1.165) is 11.0 Å². The predicted molar refractivity (Wildman–Crippen MR) is 77.2 cm³/mol. The van der Waals surface area contributed by atoms with Crippen molar-refractivity contribution in [3.8, 4) is 12.1 Å². The van der Waals surface area contributed by atoms with Gasteiger partial charge in [0.05, 0.1) is 0 Å². The molecule has 1 heterocycles. The third-order valence-corrected chi connectivity index (χ3v) is 3.34. The number of nitrogens with zero attached hydrogens (tertiary/aromatic N) is 3. The van der Waals surface area contributed by atoms with Crippen molar-refractivity contribution in [1.82, 2.24) is 0 Å². The molecule has 0 aliphatic rings. The Morgan fingerprint density at radius 2 is 1.75 bits per heavy atom. The number of nitriles is 2. The van der Waals surface area contributed by atoms with Crippen molar-refractivity contribution >= 4 is 10.8 Å². The standard InChI is InChI=1S/C17H16N3/c1-13(2)17(16(9-18)10-19)12-20-8-7-14-5-3-4-6-15(14)11-20/h3-8,11,13H,12H2,1-2H3/q+1. The molecular weight excluding hydrogens is 246 g/mol. The van der Waals surface area contributed by atoms with Crippen molar-refractivity contribution in [2.24, 2.45) is 5.92 Å². The van der Waals surface area contributed by atoms with E-state index in [-0.39, 0.29) is 11.5 Å². The quantitative estimate of drug-likeness (QED) is 0.630. The summed E-state index contributed by atoms with van der Waals surface area (Å²) in [5, 5.41) is 20.4. The Bertz CT molecular complexity index is 727. The first-order chi connectivity index (χ1) is 9.65. The summed E-state index contributed by atoms with van der Waals surface area (Å²) in [6, 6.07) is 14.2. The van der Waals surface area contributed by atoms with Crippen LogP contribution in [0.15, 0.2) is 53.9 Å². The number of fused-ring (bicyclic) bond motifs is 1. The highest BCUT2D eigenvalue weighted by atomic mass is 14.9. The molecule has 0 aliphatic carbocycles. The molecular formula is C17H16N3+. The van der Waals surface area contributed by atoms with E-state index in [2.05, 4.69) is 12.1 Å². The lowest BCUT2D eigenvalue weighted by Crippen LogP contribution is -2.35. The molecule has 1 aromatic carbocycles. The molecule has 0 radical (unpaired) electrons. The SMILES string of the molecule is CC(C)C(C[n+]1ccc2ccccc2c1)=C(C#N)C#N. The van der Waals surface area contributed by atoms with Gasteiger partial charge in [-0.2, -0.15) is 10.5 Å². The second-order valence-corrected chi connectivity index (χ2v) is 5.02. The summed E-state index contributed by atoms with van der Waals surface area (Å²) < 4.78 is 2.02. The van der Waals surface area contributed by atoms with Gasteiger partial charge in [-0.25, -0.2) is 4.57 Å². The van der Waals surface area contributed by atoms with Crippen LogP contribution in [-0.4, -0.2) is 0 Å². The second-order valence-electron chi connectivity index (χ2n) is 5.02. The molecule has 0 saturated heterocycles. The van der Waals surface area contributed by atoms with E-state index < -0.39 is 0 Å². The van der Waals surface area contributed by atoms with Gasteiger partial charge < -0.3 is 0 Å². The van der Waals surface area contributed by atoms with E-state index in [0.29, 0.717) is 6.54 Å². The van der Waals surface area contributed by atoms with Gasteiger partial charge in [0.1, 0.15) is 17.7 Å². The second kappa shape index (κ2) is 5.99. The number of benzene rings is 1. The van der Waals surface area contributed by atoms with Crippen LogP contribution in [0, 0.1) is 28.6 Å².